The number of rotatable bonds is 5. The highest BCUT2D eigenvalue weighted by Gasteiger charge is 2.29. The van der Waals surface area contributed by atoms with Gasteiger partial charge in [-0.05, 0) is 31.5 Å². The number of hydrogen-bond donors (Lipinski definition) is 1. The third-order valence-corrected chi connectivity index (χ3v) is 4.15. The molecule has 19 heavy (non-hydrogen) atoms. The molecule has 1 aromatic rings. The molecule has 1 saturated heterocycles. The van der Waals surface area contributed by atoms with Crippen molar-refractivity contribution in [2.75, 3.05) is 20.1 Å². The Balaban J connectivity index is 1.83. The second-order valence-corrected chi connectivity index (χ2v) is 5.27. The van der Waals surface area contributed by atoms with Crippen LogP contribution in [-0.4, -0.2) is 37.0 Å². The highest BCUT2D eigenvalue weighted by Crippen LogP contribution is 2.21. The minimum Gasteiger partial charge on any atom is -0.469 e. The van der Waals surface area contributed by atoms with E-state index in [1.165, 1.54) is 0 Å². The molecule has 0 radical (unpaired) electrons. The molecule has 106 valence electrons. The summed E-state index contributed by atoms with van der Waals surface area (Å²) in [5.74, 6) is 1.72. The molecule has 1 aromatic heterocycles. The minimum atomic E-state index is 0.254. The van der Waals surface area contributed by atoms with E-state index in [0.717, 1.165) is 31.7 Å². The van der Waals surface area contributed by atoms with Gasteiger partial charge in [-0.25, -0.2) is 0 Å². The molecule has 1 amide bonds. The van der Waals surface area contributed by atoms with Crippen LogP contribution in [0.25, 0.3) is 0 Å². The molecule has 0 aromatic carbocycles. The van der Waals surface area contributed by atoms with Crippen LogP contribution in [0.4, 0.5) is 0 Å². The lowest BCUT2D eigenvalue weighted by Crippen LogP contribution is -2.50. The first-order chi connectivity index (χ1) is 9.24. The first kappa shape index (κ1) is 14.1. The Hall–Kier alpha value is -1.29. The van der Waals surface area contributed by atoms with Crippen LogP contribution >= 0.6 is 0 Å². The van der Waals surface area contributed by atoms with Gasteiger partial charge in [-0.2, -0.15) is 0 Å². The largest absolute Gasteiger partial charge is 0.469 e. The molecule has 0 bridgehead atoms. The van der Waals surface area contributed by atoms with E-state index in [1.807, 2.05) is 24.1 Å². The summed E-state index contributed by atoms with van der Waals surface area (Å²) in [6.07, 6.45) is 5.09. The molecule has 2 atom stereocenters. The van der Waals surface area contributed by atoms with Gasteiger partial charge in [0.05, 0.1) is 6.26 Å². The standard InChI is InChI=1S/C15H24N2O2/c1-3-12-11-17(9-8-14(12)16-2)15(18)7-6-13-5-4-10-19-13/h4-5,10,12,14,16H,3,6-9,11H2,1-2H3. The molecule has 2 rings (SSSR count). The number of nitrogens with zero attached hydrogens (tertiary/aromatic N) is 1. The fourth-order valence-electron chi connectivity index (χ4n) is 2.90. The Morgan fingerprint density at radius 3 is 3.05 bits per heavy atom. The fourth-order valence-corrected chi connectivity index (χ4v) is 2.90. The summed E-state index contributed by atoms with van der Waals surface area (Å²) < 4.78 is 5.27. The average Bonchev–Trinajstić information content (AvgIpc) is 2.97. The van der Waals surface area contributed by atoms with E-state index < -0.39 is 0 Å². The third-order valence-electron chi connectivity index (χ3n) is 4.15. The van der Waals surface area contributed by atoms with E-state index >= 15 is 0 Å². The van der Waals surface area contributed by atoms with Crippen LogP contribution in [0.3, 0.4) is 0 Å². The number of amides is 1. The SMILES string of the molecule is CCC1CN(C(=O)CCc2ccco2)CCC1NC. The van der Waals surface area contributed by atoms with Crippen LogP contribution in [-0.2, 0) is 11.2 Å². The Kier molecular flexibility index (Phi) is 5.02. The van der Waals surface area contributed by atoms with Gasteiger partial charge in [-0.15, -0.1) is 0 Å². The summed E-state index contributed by atoms with van der Waals surface area (Å²) in [4.78, 5) is 14.2. The average molecular weight is 264 g/mol. The van der Waals surface area contributed by atoms with Crippen molar-refractivity contribution < 1.29 is 9.21 Å². The molecule has 2 heterocycles. The van der Waals surface area contributed by atoms with Gasteiger partial charge in [-0.1, -0.05) is 13.3 Å². The third kappa shape index (κ3) is 3.60. The number of nitrogens with one attached hydrogen (secondary N) is 1. The second kappa shape index (κ2) is 6.75. The molecule has 1 aliphatic rings. The zero-order valence-corrected chi connectivity index (χ0v) is 11.9. The maximum Gasteiger partial charge on any atom is 0.223 e. The highest BCUT2D eigenvalue weighted by molar-refractivity contribution is 5.76. The van der Waals surface area contributed by atoms with E-state index in [-0.39, 0.29) is 5.91 Å². The summed E-state index contributed by atoms with van der Waals surface area (Å²) in [7, 11) is 2.02. The maximum absolute atomic E-state index is 12.2. The number of likely N-dealkylation sites (tertiary alicyclic amines) is 1. The smallest absolute Gasteiger partial charge is 0.223 e. The zero-order chi connectivity index (χ0) is 13.7. The Bertz CT molecular complexity index is 389. The molecule has 4 heteroatoms. The predicted octanol–water partition coefficient (Wildman–Crippen LogP) is 2.06. The minimum absolute atomic E-state index is 0.254. The molecule has 0 saturated carbocycles. The van der Waals surface area contributed by atoms with Gasteiger partial charge in [0.2, 0.25) is 5.91 Å². The molecular formula is C15H24N2O2. The van der Waals surface area contributed by atoms with Gasteiger partial charge >= 0.3 is 0 Å². The van der Waals surface area contributed by atoms with Crippen LogP contribution < -0.4 is 5.32 Å². The maximum atomic E-state index is 12.2. The van der Waals surface area contributed by atoms with Crippen molar-refractivity contribution in [3.63, 3.8) is 0 Å². The Morgan fingerprint density at radius 2 is 2.42 bits per heavy atom. The van der Waals surface area contributed by atoms with Crippen LogP contribution in [0.15, 0.2) is 22.8 Å². The number of piperidine rings is 1. The van der Waals surface area contributed by atoms with Gasteiger partial charge in [0, 0.05) is 32.0 Å². The van der Waals surface area contributed by atoms with Gasteiger partial charge in [-0.3, -0.25) is 4.79 Å². The van der Waals surface area contributed by atoms with Gasteiger partial charge < -0.3 is 14.6 Å². The van der Waals surface area contributed by atoms with Gasteiger partial charge in [0.25, 0.3) is 0 Å². The molecule has 0 aliphatic carbocycles. The Labute approximate surface area is 115 Å². The number of hydrogen-bond acceptors (Lipinski definition) is 3. The van der Waals surface area contributed by atoms with E-state index in [0.29, 0.717) is 24.8 Å². The van der Waals surface area contributed by atoms with Crippen LogP contribution in [0.2, 0.25) is 0 Å². The van der Waals surface area contributed by atoms with Crippen molar-refractivity contribution >= 4 is 5.91 Å². The predicted molar refractivity (Wildman–Crippen MR) is 74.9 cm³/mol. The molecule has 2 unspecified atom stereocenters. The van der Waals surface area contributed by atoms with E-state index in [4.69, 9.17) is 4.42 Å². The highest BCUT2D eigenvalue weighted by atomic mass is 16.3. The number of carbonyl (C=O) groups excluding carboxylic acids is 1. The second-order valence-electron chi connectivity index (χ2n) is 5.27. The van der Waals surface area contributed by atoms with Crippen molar-refractivity contribution in [2.45, 2.75) is 38.6 Å². The monoisotopic (exact) mass is 264 g/mol. The molecule has 1 N–H and O–H groups in total. The molecule has 1 fully saturated rings. The quantitative estimate of drug-likeness (QED) is 0.885. The first-order valence-electron chi connectivity index (χ1n) is 7.22. The summed E-state index contributed by atoms with van der Waals surface area (Å²) in [5, 5.41) is 3.37. The van der Waals surface area contributed by atoms with E-state index in [2.05, 4.69) is 12.2 Å². The first-order valence-corrected chi connectivity index (χ1v) is 7.22. The summed E-state index contributed by atoms with van der Waals surface area (Å²) in [5.41, 5.74) is 0. The van der Waals surface area contributed by atoms with Crippen molar-refractivity contribution in [3.05, 3.63) is 24.2 Å². The lowest BCUT2D eigenvalue weighted by atomic mass is 9.90. The van der Waals surface area contributed by atoms with Crippen LogP contribution in [0.1, 0.15) is 31.9 Å². The van der Waals surface area contributed by atoms with Crippen LogP contribution in [0, 0.1) is 5.92 Å². The van der Waals surface area contributed by atoms with E-state index in [9.17, 15) is 4.79 Å². The van der Waals surface area contributed by atoms with Crippen molar-refractivity contribution in [1.82, 2.24) is 10.2 Å². The summed E-state index contributed by atoms with van der Waals surface area (Å²) in [6, 6.07) is 4.35. The lowest BCUT2D eigenvalue weighted by molar-refractivity contribution is -0.133. The summed E-state index contributed by atoms with van der Waals surface area (Å²) in [6.45, 7) is 3.96. The zero-order valence-electron chi connectivity index (χ0n) is 11.9. The topological polar surface area (TPSA) is 45.5 Å². The van der Waals surface area contributed by atoms with E-state index in [1.54, 1.807) is 6.26 Å². The number of carbonyl (C=O) groups is 1. The van der Waals surface area contributed by atoms with Crippen molar-refractivity contribution in [2.24, 2.45) is 5.92 Å². The molecular weight excluding hydrogens is 240 g/mol. The van der Waals surface area contributed by atoms with Crippen molar-refractivity contribution in [1.29, 1.82) is 0 Å². The van der Waals surface area contributed by atoms with Gasteiger partial charge in [0.1, 0.15) is 5.76 Å². The normalized spacial score (nSPS) is 23.6. The lowest BCUT2D eigenvalue weighted by Gasteiger charge is -2.38. The molecule has 0 spiro atoms. The Morgan fingerprint density at radius 1 is 1.58 bits per heavy atom. The number of aryl methyl sites for hydroxylation is 1. The van der Waals surface area contributed by atoms with Crippen molar-refractivity contribution in [3.8, 4) is 0 Å². The molecule has 4 nitrogen and oxygen atoms in total. The fraction of sp³-hybridized carbons (Fsp3) is 0.667. The molecule has 1 aliphatic heterocycles. The van der Waals surface area contributed by atoms with Crippen LogP contribution in [0.5, 0.6) is 0 Å². The number of furan rings is 1. The summed E-state index contributed by atoms with van der Waals surface area (Å²) >= 11 is 0. The van der Waals surface area contributed by atoms with Gasteiger partial charge in [0.15, 0.2) is 0 Å².